The number of nitrogens with two attached hydrogens (primary N) is 1. The van der Waals surface area contributed by atoms with Crippen LogP contribution in [0.1, 0.15) is 5.56 Å². The van der Waals surface area contributed by atoms with E-state index in [1.807, 2.05) is 6.07 Å². The van der Waals surface area contributed by atoms with Crippen LogP contribution in [0.4, 0.5) is 5.82 Å². The molecule has 0 aliphatic rings. The zero-order valence-corrected chi connectivity index (χ0v) is 8.27. The lowest BCUT2D eigenvalue weighted by atomic mass is 10.1. The first kappa shape index (κ1) is 9.51. The van der Waals surface area contributed by atoms with Crippen molar-refractivity contribution in [3.05, 3.63) is 23.8 Å². The van der Waals surface area contributed by atoms with Gasteiger partial charge in [-0.25, -0.2) is 0 Å². The van der Waals surface area contributed by atoms with Gasteiger partial charge in [-0.3, -0.25) is 9.48 Å². The van der Waals surface area contributed by atoms with E-state index in [0.29, 0.717) is 5.82 Å². The van der Waals surface area contributed by atoms with E-state index in [1.54, 1.807) is 23.9 Å². The highest BCUT2D eigenvalue weighted by atomic mass is 16.4. The summed E-state index contributed by atoms with van der Waals surface area (Å²) in [6, 6.07) is 5.38. The number of hydrogen-bond donors (Lipinski definition) is 2. The molecule has 0 aliphatic heterocycles. The molecule has 15 heavy (non-hydrogen) atoms. The van der Waals surface area contributed by atoms with Gasteiger partial charge in [0.1, 0.15) is 0 Å². The summed E-state index contributed by atoms with van der Waals surface area (Å²) in [6.07, 6.45) is 0.00424. The van der Waals surface area contributed by atoms with Crippen LogP contribution in [0.15, 0.2) is 18.2 Å². The normalized spacial score (nSPS) is 10.7. The summed E-state index contributed by atoms with van der Waals surface area (Å²) in [4.78, 5) is 10.5. The summed E-state index contributed by atoms with van der Waals surface area (Å²) in [5, 5.41) is 13.5. The molecule has 1 aromatic carbocycles. The van der Waals surface area contributed by atoms with Crippen LogP contribution in [0.2, 0.25) is 0 Å². The molecule has 2 aromatic rings. The number of aromatic nitrogens is 2. The molecule has 0 spiro atoms. The first-order chi connectivity index (χ1) is 7.08. The Kier molecular flexibility index (Phi) is 2.07. The highest BCUT2D eigenvalue weighted by molar-refractivity contribution is 5.90. The summed E-state index contributed by atoms with van der Waals surface area (Å²) in [5.41, 5.74) is 7.33. The van der Waals surface area contributed by atoms with Crippen molar-refractivity contribution < 1.29 is 9.90 Å². The third-order valence-electron chi connectivity index (χ3n) is 2.30. The fraction of sp³-hybridized carbons (Fsp3) is 0.200. The number of anilines is 1. The predicted octanol–water partition coefficient (Wildman–Crippen LogP) is 0.783. The van der Waals surface area contributed by atoms with Crippen molar-refractivity contribution in [2.24, 2.45) is 7.05 Å². The Morgan fingerprint density at radius 1 is 1.60 bits per heavy atom. The summed E-state index contributed by atoms with van der Waals surface area (Å²) >= 11 is 0. The number of aliphatic carboxylic acids is 1. The molecule has 5 nitrogen and oxygen atoms in total. The zero-order chi connectivity index (χ0) is 11.0. The SMILES string of the molecule is Cn1nc(N)c2cc(CC(=O)O)ccc21. The predicted molar refractivity (Wildman–Crippen MR) is 56.5 cm³/mol. The van der Waals surface area contributed by atoms with Gasteiger partial charge in [0.15, 0.2) is 5.82 Å². The maximum Gasteiger partial charge on any atom is 0.307 e. The van der Waals surface area contributed by atoms with Crippen LogP contribution < -0.4 is 5.73 Å². The van der Waals surface area contributed by atoms with Crippen LogP contribution in [0.25, 0.3) is 10.9 Å². The van der Waals surface area contributed by atoms with Crippen LogP contribution >= 0.6 is 0 Å². The van der Waals surface area contributed by atoms with Gasteiger partial charge in [0.25, 0.3) is 0 Å². The number of aryl methyl sites for hydroxylation is 1. The number of hydrogen-bond acceptors (Lipinski definition) is 3. The smallest absolute Gasteiger partial charge is 0.307 e. The number of rotatable bonds is 2. The van der Waals surface area contributed by atoms with Crippen molar-refractivity contribution in [3.63, 3.8) is 0 Å². The second kappa shape index (κ2) is 3.27. The van der Waals surface area contributed by atoms with Crippen molar-refractivity contribution in [3.8, 4) is 0 Å². The Bertz CT molecular complexity index is 531. The van der Waals surface area contributed by atoms with E-state index in [9.17, 15) is 4.79 Å². The fourth-order valence-corrected chi connectivity index (χ4v) is 1.62. The van der Waals surface area contributed by atoms with Gasteiger partial charge in [0, 0.05) is 12.4 Å². The molecule has 0 fully saturated rings. The van der Waals surface area contributed by atoms with E-state index in [0.717, 1.165) is 16.5 Å². The van der Waals surface area contributed by atoms with Crippen molar-refractivity contribution in [1.82, 2.24) is 9.78 Å². The minimum absolute atomic E-state index is 0.00424. The Labute approximate surface area is 86.1 Å². The molecule has 0 radical (unpaired) electrons. The van der Waals surface area contributed by atoms with Crippen molar-refractivity contribution in [1.29, 1.82) is 0 Å². The van der Waals surface area contributed by atoms with Crippen LogP contribution in [0.3, 0.4) is 0 Å². The average Bonchev–Trinajstić information content (AvgIpc) is 2.41. The van der Waals surface area contributed by atoms with Gasteiger partial charge in [-0.15, -0.1) is 0 Å². The summed E-state index contributed by atoms with van der Waals surface area (Å²) in [7, 11) is 1.80. The summed E-state index contributed by atoms with van der Waals surface area (Å²) in [6.45, 7) is 0. The van der Waals surface area contributed by atoms with E-state index < -0.39 is 5.97 Å². The number of fused-ring (bicyclic) bond motifs is 1. The molecule has 78 valence electrons. The Hall–Kier alpha value is -2.04. The minimum Gasteiger partial charge on any atom is -0.481 e. The average molecular weight is 205 g/mol. The standard InChI is InChI=1S/C10H11N3O2/c1-13-8-3-2-6(5-9(14)15)4-7(8)10(11)12-13/h2-4H,5H2,1H3,(H2,11,12)(H,14,15). The molecule has 5 heteroatoms. The largest absolute Gasteiger partial charge is 0.481 e. The summed E-state index contributed by atoms with van der Waals surface area (Å²) in [5.74, 6) is -0.420. The van der Waals surface area contributed by atoms with E-state index >= 15 is 0 Å². The first-order valence-corrected chi connectivity index (χ1v) is 4.51. The molecular weight excluding hydrogens is 194 g/mol. The third-order valence-corrected chi connectivity index (χ3v) is 2.30. The van der Waals surface area contributed by atoms with Crippen molar-refractivity contribution in [2.75, 3.05) is 5.73 Å². The fourth-order valence-electron chi connectivity index (χ4n) is 1.62. The Morgan fingerprint density at radius 3 is 3.00 bits per heavy atom. The number of carboxylic acid groups (broad SMARTS) is 1. The van der Waals surface area contributed by atoms with Gasteiger partial charge in [0.05, 0.1) is 11.9 Å². The third kappa shape index (κ3) is 1.63. The van der Waals surface area contributed by atoms with E-state index in [-0.39, 0.29) is 6.42 Å². The van der Waals surface area contributed by atoms with Gasteiger partial charge in [-0.1, -0.05) is 6.07 Å². The second-order valence-corrected chi connectivity index (χ2v) is 3.43. The molecule has 0 bridgehead atoms. The maximum atomic E-state index is 10.5. The van der Waals surface area contributed by atoms with Crippen LogP contribution in [-0.4, -0.2) is 20.9 Å². The number of nitrogens with zero attached hydrogens (tertiary/aromatic N) is 2. The number of carbonyl (C=O) groups is 1. The maximum absolute atomic E-state index is 10.5. The zero-order valence-electron chi connectivity index (χ0n) is 8.27. The summed E-state index contributed by atoms with van der Waals surface area (Å²) < 4.78 is 1.68. The quantitative estimate of drug-likeness (QED) is 0.759. The van der Waals surface area contributed by atoms with Gasteiger partial charge in [-0.05, 0) is 17.7 Å². The lowest BCUT2D eigenvalue weighted by Gasteiger charge is -1.98. The molecule has 3 N–H and O–H groups in total. The molecule has 2 rings (SSSR count). The van der Waals surface area contributed by atoms with Crippen molar-refractivity contribution in [2.45, 2.75) is 6.42 Å². The molecule has 0 unspecified atom stereocenters. The van der Waals surface area contributed by atoms with Crippen LogP contribution in [0, 0.1) is 0 Å². The lowest BCUT2D eigenvalue weighted by molar-refractivity contribution is -0.136. The first-order valence-electron chi connectivity index (χ1n) is 4.51. The van der Waals surface area contributed by atoms with E-state index in [4.69, 9.17) is 10.8 Å². The highest BCUT2D eigenvalue weighted by Crippen LogP contribution is 2.21. The Morgan fingerprint density at radius 2 is 2.33 bits per heavy atom. The van der Waals surface area contributed by atoms with E-state index in [2.05, 4.69) is 5.10 Å². The highest BCUT2D eigenvalue weighted by Gasteiger charge is 2.07. The second-order valence-electron chi connectivity index (χ2n) is 3.43. The molecule has 1 aromatic heterocycles. The van der Waals surface area contributed by atoms with Gasteiger partial charge < -0.3 is 10.8 Å². The van der Waals surface area contributed by atoms with E-state index in [1.165, 1.54) is 0 Å². The van der Waals surface area contributed by atoms with Gasteiger partial charge in [0.2, 0.25) is 0 Å². The van der Waals surface area contributed by atoms with Crippen LogP contribution in [-0.2, 0) is 18.3 Å². The number of benzene rings is 1. The molecule has 0 saturated heterocycles. The van der Waals surface area contributed by atoms with Crippen molar-refractivity contribution >= 4 is 22.7 Å². The molecule has 0 amide bonds. The van der Waals surface area contributed by atoms with Gasteiger partial charge >= 0.3 is 5.97 Å². The molecular formula is C10H11N3O2. The number of nitrogen functional groups attached to an aromatic ring is 1. The molecule has 0 atom stereocenters. The van der Waals surface area contributed by atoms with Crippen LogP contribution in [0.5, 0.6) is 0 Å². The molecule has 0 aliphatic carbocycles. The minimum atomic E-state index is -0.850. The molecule has 0 saturated carbocycles. The van der Waals surface area contributed by atoms with Gasteiger partial charge in [-0.2, -0.15) is 5.10 Å². The Balaban J connectivity index is 2.55. The lowest BCUT2D eigenvalue weighted by Crippen LogP contribution is -1.99. The number of carboxylic acids is 1. The molecule has 1 heterocycles. The monoisotopic (exact) mass is 205 g/mol. The topological polar surface area (TPSA) is 81.1 Å².